The average Bonchev–Trinajstić information content (AvgIpc) is 2.55. The summed E-state index contributed by atoms with van der Waals surface area (Å²) in [5.41, 5.74) is 1.68. The maximum Gasteiger partial charge on any atom is 0.257 e. The number of methoxy groups -OCH3 is 1. The van der Waals surface area contributed by atoms with Crippen LogP contribution in [-0.4, -0.2) is 30.1 Å². The first kappa shape index (κ1) is 17.7. The van der Waals surface area contributed by atoms with Gasteiger partial charge in [0.05, 0.1) is 10.7 Å². The van der Waals surface area contributed by atoms with Gasteiger partial charge in [0.25, 0.3) is 5.91 Å². The van der Waals surface area contributed by atoms with Gasteiger partial charge in [-0.1, -0.05) is 30.3 Å². The highest BCUT2D eigenvalue weighted by Crippen LogP contribution is 2.21. The Balaban J connectivity index is 1.99. The van der Waals surface area contributed by atoms with E-state index in [1.807, 2.05) is 42.3 Å². The van der Waals surface area contributed by atoms with Crippen LogP contribution < -0.4 is 10.1 Å². The molecule has 0 saturated heterocycles. The van der Waals surface area contributed by atoms with E-state index >= 15 is 0 Å². The van der Waals surface area contributed by atoms with Crippen molar-refractivity contribution in [3.8, 4) is 5.75 Å². The van der Waals surface area contributed by atoms with Gasteiger partial charge in [-0.3, -0.25) is 10.1 Å². The molecule has 4 nitrogen and oxygen atoms in total. The Bertz CT molecular complexity index is 707. The Kier molecular flexibility index (Phi) is 6.35. The van der Waals surface area contributed by atoms with Crippen LogP contribution in [0.15, 0.2) is 48.5 Å². The summed E-state index contributed by atoms with van der Waals surface area (Å²) in [6, 6.07) is 15.2. The zero-order chi connectivity index (χ0) is 16.8. The second kappa shape index (κ2) is 8.26. The van der Waals surface area contributed by atoms with Crippen molar-refractivity contribution in [2.24, 2.45) is 0 Å². The van der Waals surface area contributed by atoms with Gasteiger partial charge in [0.15, 0.2) is 5.11 Å². The van der Waals surface area contributed by atoms with Crippen molar-refractivity contribution in [3.63, 3.8) is 0 Å². The van der Waals surface area contributed by atoms with Gasteiger partial charge in [-0.05, 0) is 58.6 Å². The van der Waals surface area contributed by atoms with Crippen molar-refractivity contribution in [2.75, 3.05) is 14.2 Å². The molecular formula is C17H17IN2O2S. The highest BCUT2D eigenvalue weighted by atomic mass is 127. The Labute approximate surface area is 155 Å². The first-order valence-corrected chi connectivity index (χ1v) is 8.44. The standard InChI is InChI=1S/C17H17IN2O2S/c1-20(11-12-6-4-3-5-7-12)17(23)19-16(21)13-8-9-15(22-2)14(18)10-13/h3-10H,11H2,1-2H3,(H,19,21,23). The lowest BCUT2D eigenvalue weighted by atomic mass is 10.2. The Morgan fingerprint density at radius 1 is 1.26 bits per heavy atom. The van der Waals surface area contributed by atoms with Crippen LogP contribution in [0.3, 0.4) is 0 Å². The van der Waals surface area contributed by atoms with E-state index in [2.05, 4.69) is 27.9 Å². The number of hydrogen-bond donors (Lipinski definition) is 1. The van der Waals surface area contributed by atoms with Crippen LogP contribution in [0.1, 0.15) is 15.9 Å². The Morgan fingerprint density at radius 2 is 1.96 bits per heavy atom. The molecule has 23 heavy (non-hydrogen) atoms. The second-order valence-corrected chi connectivity index (χ2v) is 6.50. The summed E-state index contributed by atoms with van der Waals surface area (Å²) in [7, 11) is 3.46. The molecule has 0 spiro atoms. The summed E-state index contributed by atoms with van der Waals surface area (Å²) >= 11 is 7.43. The van der Waals surface area contributed by atoms with Gasteiger partial charge in [-0.25, -0.2) is 0 Å². The summed E-state index contributed by atoms with van der Waals surface area (Å²) in [5.74, 6) is 0.515. The Morgan fingerprint density at radius 3 is 2.57 bits per heavy atom. The molecule has 0 aliphatic carbocycles. The van der Waals surface area contributed by atoms with E-state index in [4.69, 9.17) is 17.0 Å². The molecule has 0 saturated carbocycles. The number of rotatable bonds is 4. The van der Waals surface area contributed by atoms with Crippen LogP contribution >= 0.6 is 34.8 Å². The minimum atomic E-state index is -0.226. The average molecular weight is 440 g/mol. The van der Waals surface area contributed by atoms with E-state index in [1.165, 1.54) is 0 Å². The van der Waals surface area contributed by atoms with E-state index in [1.54, 1.807) is 25.3 Å². The molecule has 0 aliphatic heterocycles. The number of hydrogen-bond acceptors (Lipinski definition) is 3. The number of carbonyl (C=O) groups is 1. The molecule has 2 aromatic rings. The van der Waals surface area contributed by atoms with Crippen LogP contribution in [0.25, 0.3) is 0 Å². The summed E-state index contributed by atoms with van der Waals surface area (Å²) < 4.78 is 6.07. The topological polar surface area (TPSA) is 41.6 Å². The predicted molar refractivity (Wildman–Crippen MR) is 104 cm³/mol. The molecule has 0 aliphatic rings. The van der Waals surface area contributed by atoms with E-state index in [0.29, 0.717) is 17.2 Å². The minimum Gasteiger partial charge on any atom is -0.496 e. The van der Waals surface area contributed by atoms with Crippen molar-refractivity contribution in [3.05, 3.63) is 63.2 Å². The van der Waals surface area contributed by atoms with Crippen molar-refractivity contribution in [1.82, 2.24) is 10.2 Å². The fourth-order valence-corrected chi connectivity index (χ4v) is 2.89. The summed E-state index contributed by atoms with van der Waals surface area (Å²) in [4.78, 5) is 14.1. The molecule has 0 atom stereocenters. The number of benzene rings is 2. The molecule has 2 rings (SSSR count). The molecule has 0 radical (unpaired) electrons. The maximum atomic E-state index is 12.3. The third kappa shape index (κ3) is 4.90. The highest BCUT2D eigenvalue weighted by molar-refractivity contribution is 14.1. The number of ether oxygens (including phenoxy) is 1. The van der Waals surface area contributed by atoms with Gasteiger partial charge >= 0.3 is 0 Å². The van der Waals surface area contributed by atoms with Gasteiger partial charge in [0, 0.05) is 19.2 Å². The fraction of sp³-hybridized carbons (Fsp3) is 0.176. The normalized spacial score (nSPS) is 10.0. The summed E-state index contributed by atoms with van der Waals surface area (Å²) in [6.07, 6.45) is 0. The molecule has 2 aromatic carbocycles. The lowest BCUT2D eigenvalue weighted by Crippen LogP contribution is -2.40. The Hall–Kier alpha value is -1.67. The molecule has 1 N–H and O–H groups in total. The summed E-state index contributed by atoms with van der Waals surface area (Å²) in [5, 5.41) is 3.15. The molecule has 0 bridgehead atoms. The first-order valence-electron chi connectivity index (χ1n) is 6.95. The van der Waals surface area contributed by atoms with Crippen LogP contribution in [0.4, 0.5) is 0 Å². The molecule has 6 heteroatoms. The molecule has 0 heterocycles. The van der Waals surface area contributed by atoms with Gasteiger partial charge in [-0.15, -0.1) is 0 Å². The second-order valence-electron chi connectivity index (χ2n) is 4.95. The number of carbonyl (C=O) groups excluding carboxylic acids is 1. The van der Waals surface area contributed by atoms with Crippen LogP contribution in [0.5, 0.6) is 5.75 Å². The SMILES string of the molecule is COc1ccc(C(=O)NC(=S)N(C)Cc2ccccc2)cc1I. The largest absolute Gasteiger partial charge is 0.496 e. The number of nitrogens with zero attached hydrogens (tertiary/aromatic N) is 1. The molecule has 0 unspecified atom stereocenters. The van der Waals surface area contributed by atoms with Crippen LogP contribution in [-0.2, 0) is 6.54 Å². The lowest BCUT2D eigenvalue weighted by molar-refractivity contribution is 0.0973. The smallest absolute Gasteiger partial charge is 0.257 e. The highest BCUT2D eigenvalue weighted by Gasteiger charge is 2.13. The maximum absolute atomic E-state index is 12.3. The van der Waals surface area contributed by atoms with E-state index in [0.717, 1.165) is 14.9 Å². The number of nitrogens with one attached hydrogen (secondary N) is 1. The lowest BCUT2D eigenvalue weighted by Gasteiger charge is -2.20. The van der Waals surface area contributed by atoms with Gasteiger partial charge < -0.3 is 9.64 Å². The molecule has 0 aromatic heterocycles. The zero-order valence-electron chi connectivity index (χ0n) is 12.9. The fourth-order valence-electron chi connectivity index (χ4n) is 2.00. The summed E-state index contributed by atoms with van der Waals surface area (Å²) in [6.45, 7) is 0.639. The van der Waals surface area contributed by atoms with Gasteiger partial charge in [-0.2, -0.15) is 0 Å². The zero-order valence-corrected chi connectivity index (χ0v) is 15.8. The first-order chi connectivity index (χ1) is 11.0. The quantitative estimate of drug-likeness (QED) is 0.585. The van der Waals surface area contributed by atoms with Crippen LogP contribution in [0.2, 0.25) is 0 Å². The molecule has 120 valence electrons. The monoisotopic (exact) mass is 440 g/mol. The number of thiocarbonyl (C=S) groups is 1. The molecule has 0 fully saturated rings. The van der Waals surface area contributed by atoms with Gasteiger partial charge in [0.1, 0.15) is 5.75 Å². The third-order valence-electron chi connectivity index (χ3n) is 3.24. The molecular weight excluding hydrogens is 423 g/mol. The predicted octanol–water partition coefficient (Wildman–Crippen LogP) is 3.45. The van der Waals surface area contributed by atoms with Crippen molar-refractivity contribution in [1.29, 1.82) is 0 Å². The van der Waals surface area contributed by atoms with E-state index in [-0.39, 0.29) is 5.91 Å². The van der Waals surface area contributed by atoms with E-state index < -0.39 is 0 Å². The van der Waals surface area contributed by atoms with Crippen molar-refractivity contribution >= 4 is 45.8 Å². The van der Waals surface area contributed by atoms with Crippen molar-refractivity contribution < 1.29 is 9.53 Å². The van der Waals surface area contributed by atoms with Crippen molar-refractivity contribution in [2.45, 2.75) is 6.54 Å². The third-order valence-corrected chi connectivity index (χ3v) is 4.50. The number of amides is 1. The minimum absolute atomic E-state index is 0.226. The van der Waals surface area contributed by atoms with E-state index in [9.17, 15) is 4.79 Å². The number of halogens is 1. The molecule has 1 amide bonds. The van der Waals surface area contributed by atoms with Crippen LogP contribution in [0, 0.1) is 3.57 Å². The van der Waals surface area contributed by atoms with Gasteiger partial charge in [0.2, 0.25) is 0 Å².